The standard InChI is InChI=1S/C35H41FN4O2/c1-2-27-10-6-11-32-33(35(41)37-22-26-8-4-3-5-9-26)25-40(34(27)32)19-7-18-38-23-30-15-14-29(38)24-39(30)20-21-42-31-16-12-28(36)13-17-31/h3-6,8-13,16-17,25,29-30H,2,7,14-15,18-24H2,1H3,(H,37,41)/t29-,30-/m1/s1. The van der Waals surface area contributed by atoms with Gasteiger partial charge in [0, 0.05) is 62.9 Å². The van der Waals surface area contributed by atoms with Crippen LogP contribution < -0.4 is 10.1 Å². The molecule has 3 saturated heterocycles. The Hall–Kier alpha value is -3.68. The van der Waals surface area contributed by atoms with Gasteiger partial charge in [0.05, 0.1) is 11.1 Å². The van der Waals surface area contributed by atoms with E-state index in [1.807, 2.05) is 30.3 Å². The van der Waals surface area contributed by atoms with E-state index in [9.17, 15) is 9.18 Å². The maximum Gasteiger partial charge on any atom is 0.253 e. The van der Waals surface area contributed by atoms with Gasteiger partial charge in [-0.05, 0) is 61.1 Å². The number of nitrogens with one attached hydrogen (secondary N) is 1. The Kier molecular flexibility index (Phi) is 8.87. The van der Waals surface area contributed by atoms with E-state index in [2.05, 4.69) is 51.0 Å². The molecule has 7 heteroatoms. The number of para-hydroxylation sites is 1. The molecule has 1 aromatic heterocycles. The summed E-state index contributed by atoms with van der Waals surface area (Å²) in [4.78, 5) is 18.5. The number of amides is 1. The van der Waals surface area contributed by atoms with E-state index in [-0.39, 0.29) is 11.7 Å². The van der Waals surface area contributed by atoms with Gasteiger partial charge in [0.1, 0.15) is 18.2 Å². The maximum atomic E-state index is 13.3. The van der Waals surface area contributed by atoms with Gasteiger partial charge in [-0.15, -0.1) is 0 Å². The fourth-order valence-corrected chi connectivity index (χ4v) is 6.76. The quantitative estimate of drug-likeness (QED) is 0.232. The van der Waals surface area contributed by atoms with Crippen molar-refractivity contribution in [2.24, 2.45) is 0 Å². The van der Waals surface area contributed by atoms with Gasteiger partial charge in [-0.25, -0.2) is 4.39 Å². The summed E-state index contributed by atoms with van der Waals surface area (Å²) in [6.45, 7) is 8.35. The number of aromatic nitrogens is 1. The first kappa shape index (κ1) is 28.4. The monoisotopic (exact) mass is 568 g/mol. The van der Waals surface area contributed by atoms with Crippen molar-refractivity contribution in [2.75, 3.05) is 32.8 Å². The lowest BCUT2D eigenvalue weighted by Gasteiger charge is -2.51. The molecule has 3 aromatic carbocycles. The first-order chi connectivity index (χ1) is 20.6. The van der Waals surface area contributed by atoms with Gasteiger partial charge in [0.2, 0.25) is 0 Å². The number of benzene rings is 3. The molecule has 7 rings (SSSR count). The van der Waals surface area contributed by atoms with E-state index in [1.165, 1.54) is 36.1 Å². The van der Waals surface area contributed by atoms with Gasteiger partial charge in [0.25, 0.3) is 5.91 Å². The van der Waals surface area contributed by atoms with Crippen molar-refractivity contribution in [1.29, 1.82) is 0 Å². The van der Waals surface area contributed by atoms with Gasteiger partial charge < -0.3 is 14.6 Å². The van der Waals surface area contributed by atoms with Crippen molar-refractivity contribution in [1.82, 2.24) is 19.7 Å². The minimum Gasteiger partial charge on any atom is -0.492 e. The van der Waals surface area contributed by atoms with E-state index in [4.69, 9.17) is 4.74 Å². The van der Waals surface area contributed by atoms with E-state index >= 15 is 0 Å². The predicted octanol–water partition coefficient (Wildman–Crippen LogP) is 5.89. The molecule has 0 saturated carbocycles. The number of nitrogens with zero attached hydrogens (tertiary/aromatic N) is 3. The summed E-state index contributed by atoms with van der Waals surface area (Å²) in [6, 6.07) is 23.8. The zero-order chi connectivity index (χ0) is 28.9. The molecule has 3 aliphatic heterocycles. The Morgan fingerprint density at radius 3 is 2.36 bits per heavy atom. The van der Waals surface area contributed by atoms with Crippen molar-refractivity contribution in [3.8, 4) is 5.75 Å². The number of piperazine rings is 1. The molecule has 220 valence electrons. The normalized spacial score (nSPS) is 18.9. The first-order valence-corrected chi connectivity index (χ1v) is 15.4. The van der Waals surface area contributed by atoms with Gasteiger partial charge in [0.15, 0.2) is 0 Å². The number of rotatable bonds is 12. The summed E-state index contributed by atoms with van der Waals surface area (Å²) in [5.41, 5.74) is 4.33. The SMILES string of the molecule is CCc1cccc2c(C(=O)NCc3ccccc3)cn(CCCN3C[C@H]4CC[C@@H]3CN4CCOc3ccc(F)cc3)c12. The summed E-state index contributed by atoms with van der Waals surface area (Å²) in [7, 11) is 0. The molecule has 0 aliphatic carbocycles. The maximum absolute atomic E-state index is 13.3. The highest BCUT2D eigenvalue weighted by molar-refractivity contribution is 6.07. The van der Waals surface area contributed by atoms with Crippen molar-refractivity contribution in [3.05, 3.63) is 102 Å². The average Bonchev–Trinajstić information content (AvgIpc) is 3.41. The number of ether oxygens (including phenoxy) is 1. The Morgan fingerprint density at radius 1 is 0.905 bits per heavy atom. The summed E-state index contributed by atoms with van der Waals surface area (Å²) in [5, 5.41) is 4.16. The number of piperidine rings is 2. The van der Waals surface area contributed by atoms with Crippen molar-refractivity contribution >= 4 is 16.8 Å². The molecule has 4 heterocycles. The molecule has 0 radical (unpaired) electrons. The van der Waals surface area contributed by atoms with Crippen molar-refractivity contribution < 1.29 is 13.9 Å². The number of carbonyl (C=O) groups is 1. The average molecular weight is 569 g/mol. The molecule has 1 N–H and O–H groups in total. The smallest absolute Gasteiger partial charge is 0.253 e. The highest BCUT2D eigenvalue weighted by Gasteiger charge is 2.38. The summed E-state index contributed by atoms with van der Waals surface area (Å²) >= 11 is 0. The molecule has 2 atom stereocenters. The Labute approximate surface area is 248 Å². The lowest BCUT2D eigenvalue weighted by Crippen LogP contribution is -2.63. The molecular weight excluding hydrogens is 527 g/mol. The van der Waals surface area contributed by atoms with Crippen LogP contribution in [0.5, 0.6) is 5.75 Å². The number of halogens is 1. The van der Waals surface area contributed by atoms with Crippen LogP contribution in [0.15, 0.2) is 79.0 Å². The Bertz CT molecular complexity index is 1490. The van der Waals surface area contributed by atoms with Gasteiger partial charge in [-0.1, -0.05) is 55.5 Å². The van der Waals surface area contributed by atoms with Crippen LogP contribution in [-0.2, 0) is 19.5 Å². The molecule has 3 aliphatic rings. The second-order valence-corrected chi connectivity index (χ2v) is 11.6. The molecular formula is C35H41FN4O2. The molecule has 1 amide bonds. The second kappa shape index (κ2) is 13.1. The number of fused-ring (bicyclic) bond motifs is 4. The van der Waals surface area contributed by atoms with E-state index in [0.29, 0.717) is 25.2 Å². The van der Waals surface area contributed by atoms with Crippen LogP contribution in [0.2, 0.25) is 0 Å². The van der Waals surface area contributed by atoms with Crippen molar-refractivity contribution in [2.45, 2.75) is 57.8 Å². The predicted molar refractivity (Wildman–Crippen MR) is 165 cm³/mol. The van der Waals surface area contributed by atoms with Crippen LogP contribution in [-0.4, -0.2) is 65.1 Å². The highest BCUT2D eigenvalue weighted by atomic mass is 19.1. The van der Waals surface area contributed by atoms with Crippen LogP contribution >= 0.6 is 0 Å². The van der Waals surface area contributed by atoms with Crippen molar-refractivity contribution in [3.63, 3.8) is 0 Å². The fourth-order valence-electron chi connectivity index (χ4n) is 6.76. The van der Waals surface area contributed by atoms with Gasteiger partial charge >= 0.3 is 0 Å². The van der Waals surface area contributed by atoms with E-state index in [0.717, 1.165) is 67.8 Å². The summed E-state index contributed by atoms with van der Waals surface area (Å²) in [5.74, 6) is 0.463. The Balaban J connectivity index is 1.05. The topological polar surface area (TPSA) is 49.7 Å². The van der Waals surface area contributed by atoms with E-state index in [1.54, 1.807) is 12.1 Å². The Morgan fingerprint density at radius 2 is 1.64 bits per heavy atom. The largest absolute Gasteiger partial charge is 0.492 e. The van der Waals surface area contributed by atoms with Crippen LogP contribution in [0.3, 0.4) is 0 Å². The number of aryl methyl sites for hydroxylation is 2. The summed E-state index contributed by atoms with van der Waals surface area (Å²) < 4.78 is 21.3. The third-order valence-corrected chi connectivity index (χ3v) is 8.96. The fraction of sp³-hybridized carbons (Fsp3) is 0.400. The number of hydrogen-bond acceptors (Lipinski definition) is 4. The molecule has 4 aromatic rings. The number of hydrogen-bond donors (Lipinski definition) is 1. The molecule has 0 spiro atoms. The molecule has 42 heavy (non-hydrogen) atoms. The van der Waals surface area contributed by atoms with Crippen LogP contribution in [0.25, 0.3) is 10.9 Å². The highest BCUT2D eigenvalue weighted by Crippen LogP contribution is 2.30. The lowest BCUT2D eigenvalue weighted by molar-refractivity contribution is -0.0259. The summed E-state index contributed by atoms with van der Waals surface area (Å²) in [6.07, 6.45) is 6.53. The molecule has 0 unspecified atom stereocenters. The zero-order valence-electron chi connectivity index (χ0n) is 24.5. The van der Waals surface area contributed by atoms with Gasteiger partial charge in [-0.3, -0.25) is 14.6 Å². The van der Waals surface area contributed by atoms with E-state index < -0.39 is 0 Å². The van der Waals surface area contributed by atoms with Crippen LogP contribution in [0.1, 0.15) is 47.7 Å². The zero-order valence-corrected chi connectivity index (χ0v) is 24.5. The third-order valence-electron chi connectivity index (χ3n) is 8.96. The molecule has 2 bridgehead atoms. The minimum atomic E-state index is -0.240. The lowest BCUT2D eigenvalue weighted by atomic mass is 9.90. The van der Waals surface area contributed by atoms with Crippen LogP contribution in [0.4, 0.5) is 4.39 Å². The minimum absolute atomic E-state index is 0.0207. The second-order valence-electron chi connectivity index (χ2n) is 11.6. The molecule has 6 nitrogen and oxygen atoms in total. The number of carbonyl (C=O) groups excluding carboxylic acids is 1. The third kappa shape index (κ3) is 6.37. The van der Waals surface area contributed by atoms with Gasteiger partial charge in [-0.2, -0.15) is 0 Å². The first-order valence-electron chi connectivity index (χ1n) is 15.4. The van der Waals surface area contributed by atoms with Crippen LogP contribution in [0, 0.1) is 5.82 Å². The molecule has 3 fully saturated rings.